The molecular weight excluding hydrogens is 864 g/mol. The Morgan fingerprint density at radius 3 is 1.39 bits per heavy atom. The Kier molecular flexibility index (Phi) is 15.0. The molecule has 4 heterocycles. The zero-order chi connectivity index (χ0) is 42.7. The van der Waals surface area contributed by atoms with Crippen molar-refractivity contribution in [3.63, 3.8) is 0 Å². The number of ether oxygens (including phenoxy) is 2. The van der Waals surface area contributed by atoms with E-state index in [0.717, 1.165) is 55.6 Å². The number of rotatable bonds is 14. The van der Waals surface area contributed by atoms with Gasteiger partial charge in [-0.15, -0.1) is 10.1 Å². The van der Waals surface area contributed by atoms with E-state index < -0.39 is 11.9 Å². The van der Waals surface area contributed by atoms with E-state index in [-0.39, 0.29) is 22.7 Å². The normalized spacial score (nSPS) is 18.2. The molecule has 0 radical (unpaired) electrons. The highest BCUT2D eigenvalue weighted by molar-refractivity contribution is 7.99. The summed E-state index contributed by atoms with van der Waals surface area (Å²) < 4.78 is 12.6. The molecule has 2 aliphatic rings. The van der Waals surface area contributed by atoms with Crippen LogP contribution in [0.25, 0.3) is 22.3 Å². The van der Waals surface area contributed by atoms with Crippen molar-refractivity contribution in [2.45, 2.75) is 32.8 Å². The van der Waals surface area contributed by atoms with E-state index in [1.807, 2.05) is 109 Å². The van der Waals surface area contributed by atoms with Gasteiger partial charge in [-0.05, 0) is 58.7 Å². The molecule has 0 saturated carbocycles. The quantitative estimate of drug-likeness (QED) is 0.0768. The van der Waals surface area contributed by atoms with Crippen LogP contribution in [-0.2, 0) is 28.7 Å². The molecule has 0 N–H and O–H groups in total. The summed E-state index contributed by atoms with van der Waals surface area (Å²) in [6, 6.07) is 43.4. The number of hydrogen-bond donors (Lipinski definition) is 0. The minimum atomic E-state index is -0.700. The molecule has 6 aromatic rings. The van der Waals surface area contributed by atoms with E-state index in [2.05, 4.69) is 24.3 Å². The summed E-state index contributed by atoms with van der Waals surface area (Å²) >= 11 is 15.6. The van der Waals surface area contributed by atoms with E-state index in [9.17, 15) is 9.59 Å². The van der Waals surface area contributed by atoms with Crippen LogP contribution in [0.4, 0.5) is 0 Å². The van der Waals surface area contributed by atoms with Crippen molar-refractivity contribution in [3.05, 3.63) is 179 Å². The summed E-state index contributed by atoms with van der Waals surface area (Å²) in [4.78, 5) is 47.2. The van der Waals surface area contributed by atoms with E-state index >= 15 is 0 Å². The van der Waals surface area contributed by atoms with Gasteiger partial charge < -0.3 is 19.1 Å². The zero-order valence-corrected chi connectivity index (χ0v) is 36.5. The lowest BCUT2D eigenvalue weighted by Gasteiger charge is -2.35. The maximum atomic E-state index is 13.1. The lowest BCUT2D eigenvalue weighted by atomic mass is 10.1. The fourth-order valence-electron chi connectivity index (χ4n) is 7.20. The number of carbonyl (C=O) groups excluding carboxylic acids is 2. The molecule has 2 aliphatic heterocycles. The molecule has 4 aromatic carbocycles. The SMILES string of the molecule is O=C(/C=C/C(=O)ON1CCO[C@H](C(Sc2ncccc2-c2ccc(Cl)cc2)c2ccccc2)C1)ON1CCO[C@H](C(Sc2ncccc2-c2ccc(Cl)cc2)c2ccccc2)C1. The first-order valence-corrected chi connectivity index (χ1v) is 22.6. The zero-order valence-electron chi connectivity index (χ0n) is 33.4. The molecule has 14 heteroatoms. The van der Waals surface area contributed by atoms with Gasteiger partial charge in [0.05, 0.1) is 62.1 Å². The molecule has 2 saturated heterocycles. The Labute approximate surface area is 379 Å². The molecule has 62 heavy (non-hydrogen) atoms. The van der Waals surface area contributed by atoms with Crippen molar-refractivity contribution in [2.75, 3.05) is 39.4 Å². The Bertz CT molecular complexity index is 2280. The maximum Gasteiger partial charge on any atom is 0.349 e. The maximum absolute atomic E-state index is 13.1. The average Bonchev–Trinajstić information content (AvgIpc) is 3.31. The second-order valence-electron chi connectivity index (χ2n) is 14.4. The number of aromatic nitrogens is 2. The van der Waals surface area contributed by atoms with Crippen LogP contribution in [0.1, 0.15) is 21.6 Å². The summed E-state index contributed by atoms with van der Waals surface area (Å²) in [6.07, 6.45) is 5.01. The van der Waals surface area contributed by atoms with Gasteiger partial charge >= 0.3 is 11.9 Å². The van der Waals surface area contributed by atoms with Crippen molar-refractivity contribution in [3.8, 4) is 22.3 Å². The summed E-state index contributed by atoms with van der Waals surface area (Å²) in [6.45, 7) is 2.00. The molecule has 2 fully saturated rings. The minimum Gasteiger partial charge on any atom is -0.374 e. The average molecular weight is 906 g/mol. The molecule has 0 bridgehead atoms. The van der Waals surface area contributed by atoms with Crippen LogP contribution in [0, 0.1) is 0 Å². The second-order valence-corrected chi connectivity index (χ2v) is 17.5. The first-order chi connectivity index (χ1) is 30.4. The predicted molar refractivity (Wildman–Crippen MR) is 243 cm³/mol. The van der Waals surface area contributed by atoms with Gasteiger partial charge in [0.2, 0.25) is 0 Å². The van der Waals surface area contributed by atoms with E-state index in [1.165, 1.54) is 0 Å². The number of pyridine rings is 2. The Morgan fingerprint density at radius 2 is 0.984 bits per heavy atom. The topological polar surface area (TPSA) is 103 Å². The van der Waals surface area contributed by atoms with Gasteiger partial charge in [-0.1, -0.05) is 144 Å². The number of halogens is 2. The van der Waals surface area contributed by atoms with Gasteiger partial charge in [0.15, 0.2) is 0 Å². The number of carbonyl (C=O) groups is 2. The van der Waals surface area contributed by atoms with Gasteiger partial charge in [-0.3, -0.25) is 0 Å². The first-order valence-electron chi connectivity index (χ1n) is 20.1. The Morgan fingerprint density at radius 1 is 0.581 bits per heavy atom. The Hall–Kier alpha value is -5.02. The van der Waals surface area contributed by atoms with Crippen molar-refractivity contribution in [1.29, 1.82) is 0 Å². The molecule has 4 atom stereocenters. The van der Waals surface area contributed by atoms with Crippen LogP contribution in [0.2, 0.25) is 10.0 Å². The molecule has 0 spiro atoms. The lowest BCUT2D eigenvalue weighted by Crippen LogP contribution is -2.45. The third-order valence-corrected chi connectivity index (χ3v) is 13.4. The molecule has 8 rings (SSSR count). The number of thioether (sulfide) groups is 2. The number of benzene rings is 4. The molecule has 0 amide bonds. The third-order valence-electron chi connectivity index (χ3n) is 10.2. The summed E-state index contributed by atoms with van der Waals surface area (Å²) in [5, 5.41) is 5.77. The summed E-state index contributed by atoms with van der Waals surface area (Å²) in [7, 11) is 0. The van der Waals surface area contributed by atoms with E-state index in [4.69, 9.17) is 52.3 Å². The molecule has 2 unspecified atom stereocenters. The Balaban J connectivity index is 0.895. The lowest BCUT2D eigenvalue weighted by molar-refractivity contribution is -0.212. The highest BCUT2D eigenvalue weighted by Gasteiger charge is 2.34. The number of hydroxylamine groups is 4. The van der Waals surface area contributed by atoms with Gasteiger partial charge in [-0.25, -0.2) is 19.6 Å². The molecular formula is C48H42Cl2N4O6S2. The minimum absolute atomic E-state index is 0.184. The monoisotopic (exact) mass is 904 g/mol. The van der Waals surface area contributed by atoms with E-state index in [0.29, 0.717) is 49.4 Å². The smallest absolute Gasteiger partial charge is 0.349 e. The van der Waals surface area contributed by atoms with Crippen molar-refractivity contribution in [1.82, 2.24) is 20.1 Å². The standard InChI is InChI=1S/C48H42Cl2N4O6S2/c49-37-19-15-33(16-20-37)39-13-7-25-51-47(39)61-45(35-9-3-1-4-10-35)41-31-53(27-29-57-41)59-43(55)23-24-44(56)60-54-28-30-58-42(32-54)46(36-11-5-2-6-12-36)62-48-40(14-8-26-52-48)34-17-21-38(50)22-18-34/h1-26,41-42,45-46H,27-32H2/b24-23+/t41-,42-,45?,46?/m0/s1. The third kappa shape index (κ3) is 11.5. The van der Waals surface area contributed by atoms with Gasteiger partial charge in [0.1, 0.15) is 10.1 Å². The van der Waals surface area contributed by atoms with Gasteiger partial charge in [0.25, 0.3) is 0 Å². The fraction of sp³-hybridized carbons (Fsp3) is 0.208. The van der Waals surface area contributed by atoms with E-state index in [1.54, 1.807) is 46.0 Å². The molecule has 0 aliphatic carbocycles. The first kappa shape index (κ1) is 43.6. The highest BCUT2D eigenvalue weighted by atomic mass is 35.5. The number of morpholine rings is 2. The molecule has 2 aromatic heterocycles. The van der Waals surface area contributed by atoms with Crippen LogP contribution in [0.3, 0.4) is 0 Å². The van der Waals surface area contributed by atoms with Crippen LogP contribution in [0.5, 0.6) is 0 Å². The number of hydrogen-bond acceptors (Lipinski definition) is 12. The fourth-order valence-corrected chi connectivity index (χ4v) is 10.0. The van der Waals surface area contributed by atoms with Crippen molar-refractivity contribution < 1.29 is 28.7 Å². The highest BCUT2D eigenvalue weighted by Crippen LogP contribution is 2.44. The predicted octanol–water partition coefficient (Wildman–Crippen LogP) is 10.4. The van der Waals surface area contributed by atoms with Crippen LogP contribution < -0.4 is 0 Å². The number of nitrogens with zero attached hydrogens (tertiary/aromatic N) is 4. The van der Waals surface area contributed by atoms with Gasteiger partial charge in [-0.2, -0.15) is 0 Å². The van der Waals surface area contributed by atoms with Gasteiger partial charge in [0, 0.05) is 45.7 Å². The largest absolute Gasteiger partial charge is 0.374 e. The summed E-state index contributed by atoms with van der Waals surface area (Å²) in [5.41, 5.74) is 6.03. The molecule has 10 nitrogen and oxygen atoms in total. The van der Waals surface area contributed by atoms with Crippen molar-refractivity contribution in [2.24, 2.45) is 0 Å². The van der Waals surface area contributed by atoms with Crippen molar-refractivity contribution >= 4 is 58.7 Å². The van der Waals surface area contributed by atoms with Crippen LogP contribution in [0.15, 0.2) is 168 Å². The van der Waals surface area contributed by atoms with Crippen LogP contribution in [-0.4, -0.2) is 83.6 Å². The second kappa shape index (κ2) is 21.4. The van der Waals surface area contributed by atoms with Crippen LogP contribution >= 0.6 is 46.7 Å². The summed E-state index contributed by atoms with van der Waals surface area (Å²) in [5.74, 6) is -1.40. The molecule has 316 valence electrons.